The lowest BCUT2D eigenvalue weighted by atomic mass is 9.67. The molecule has 0 saturated heterocycles. The van der Waals surface area contributed by atoms with Crippen molar-refractivity contribution in [3.05, 3.63) is 45.7 Å². The molecule has 1 aliphatic heterocycles. The Bertz CT molecular complexity index is 1130. The molecular formula is C27H35NO7. The molecule has 1 fully saturated rings. The van der Waals surface area contributed by atoms with E-state index in [0.717, 1.165) is 42.5 Å². The van der Waals surface area contributed by atoms with Gasteiger partial charge in [0.2, 0.25) is 0 Å². The third-order valence-corrected chi connectivity index (χ3v) is 6.67. The number of benzene rings is 1. The summed E-state index contributed by atoms with van der Waals surface area (Å²) in [5, 5.41) is 0. The summed E-state index contributed by atoms with van der Waals surface area (Å²) in [6.07, 6.45) is 5.01. The number of rotatable bonds is 10. The zero-order valence-electron chi connectivity index (χ0n) is 21.2. The largest absolute Gasteiger partial charge is 0.493 e. The maximum atomic E-state index is 13.0. The zero-order valence-corrected chi connectivity index (χ0v) is 21.2. The Kier molecular flexibility index (Phi) is 7.52. The molecular weight excluding hydrogens is 450 g/mol. The minimum atomic E-state index is -0.597. The minimum absolute atomic E-state index is 0.0525. The third kappa shape index (κ3) is 4.95. The number of ether oxygens (including phenoxy) is 5. The van der Waals surface area contributed by atoms with Crippen molar-refractivity contribution in [3.8, 4) is 22.8 Å². The van der Waals surface area contributed by atoms with Crippen molar-refractivity contribution in [2.75, 3.05) is 34.0 Å². The van der Waals surface area contributed by atoms with E-state index in [0.29, 0.717) is 24.7 Å². The van der Waals surface area contributed by atoms with Crippen molar-refractivity contribution in [2.45, 2.75) is 64.2 Å². The highest BCUT2D eigenvalue weighted by Crippen LogP contribution is 2.51. The van der Waals surface area contributed by atoms with Crippen LogP contribution < -0.4 is 14.9 Å². The van der Waals surface area contributed by atoms with E-state index in [-0.39, 0.29) is 35.3 Å². The standard InChI is InChI=1S/C27H35NO7/c1-6-33-26(30)21-16-28-22(12-23(21)29)20-11-24(32-5)25(34-9-7-8-31-4)10-18(20)13-27(28)14-19(15-27)35-17(2)3/h10-12,16-17,19H,6-9,13-15H2,1-5H3. The average molecular weight is 486 g/mol. The van der Waals surface area contributed by atoms with Crippen LogP contribution in [0.2, 0.25) is 0 Å². The Morgan fingerprint density at radius 3 is 2.57 bits per heavy atom. The molecule has 190 valence electrons. The van der Waals surface area contributed by atoms with Crippen LogP contribution in [0, 0.1) is 0 Å². The van der Waals surface area contributed by atoms with Gasteiger partial charge in [-0.2, -0.15) is 0 Å². The van der Waals surface area contributed by atoms with E-state index in [1.54, 1.807) is 33.4 Å². The molecule has 4 rings (SSSR count). The maximum absolute atomic E-state index is 13.0. The highest BCUT2D eigenvalue weighted by atomic mass is 16.5. The van der Waals surface area contributed by atoms with Gasteiger partial charge in [-0.1, -0.05) is 0 Å². The second-order valence-corrected chi connectivity index (χ2v) is 9.50. The van der Waals surface area contributed by atoms with Crippen LogP contribution in [0.3, 0.4) is 0 Å². The number of methoxy groups -OCH3 is 2. The van der Waals surface area contributed by atoms with Crippen LogP contribution in [0.15, 0.2) is 29.2 Å². The molecule has 2 heterocycles. The molecule has 0 atom stereocenters. The summed E-state index contributed by atoms with van der Waals surface area (Å²) in [7, 11) is 3.27. The molecule has 35 heavy (non-hydrogen) atoms. The van der Waals surface area contributed by atoms with E-state index in [9.17, 15) is 9.59 Å². The topological polar surface area (TPSA) is 85.2 Å². The number of carbonyl (C=O) groups excluding carboxylic acids is 1. The zero-order chi connectivity index (χ0) is 25.2. The van der Waals surface area contributed by atoms with Crippen molar-refractivity contribution >= 4 is 5.97 Å². The summed E-state index contributed by atoms with van der Waals surface area (Å²) in [4.78, 5) is 25.5. The van der Waals surface area contributed by atoms with Crippen molar-refractivity contribution in [2.24, 2.45) is 0 Å². The molecule has 1 aromatic carbocycles. The van der Waals surface area contributed by atoms with Crippen molar-refractivity contribution in [1.29, 1.82) is 0 Å². The van der Waals surface area contributed by atoms with E-state index >= 15 is 0 Å². The lowest BCUT2D eigenvalue weighted by Gasteiger charge is -2.53. The molecule has 2 aliphatic rings. The maximum Gasteiger partial charge on any atom is 0.343 e. The van der Waals surface area contributed by atoms with Gasteiger partial charge in [0.05, 0.1) is 43.8 Å². The second-order valence-electron chi connectivity index (χ2n) is 9.50. The van der Waals surface area contributed by atoms with Crippen LogP contribution >= 0.6 is 0 Å². The predicted octanol–water partition coefficient (Wildman–Crippen LogP) is 3.95. The summed E-state index contributed by atoms with van der Waals surface area (Å²) < 4.78 is 30.1. The van der Waals surface area contributed by atoms with Gasteiger partial charge >= 0.3 is 5.97 Å². The number of esters is 1. The number of aromatic nitrogens is 1. The van der Waals surface area contributed by atoms with Crippen LogP contribution in [0.1, 0.15) is 56.0 Å². The summed E-state index contributed by atoms with van der Waals surface area (Å²) >= 11 is 0. The van der Waals surface area contributed by atoms with Crippen LogP contribution in [0.25, 0.3) is 11.3 Å². The molecule has 0 radical (unpaired) electrons. The first kappa shape index (κ1) is 25.3. The fourth-order valence-electron chi connectivity index (χ4n) is 5.19. The van der Waals surface area contributed by atoms with Crippen molar-refractivity contribution in [3.63, 3.8) is 0 Å². The number of nitrogens with zero attached hydrogens (tertiary/aromatic N) is 1. The van der Waals surface area contributed by atoms with E-state index in [4.69, 9.17) is 23.7 Å². The Hall–Kier alpha value is -2.84. The normalized spacial score (nSPS) is 20.2. The molecule has 8 nitrogen and oxygen atoms in total. The highest BCUT2D eigenvalue weighted by Gasteiger charge is 2.50. The van der Waals surface area contributed by atoms with Gasteiger partial charge in [0.25, 0.3) is 0 Å². The molecule has 0 amide bonds. The molecule has 8 heteroatoms. The Morgan fingerprint density at radius 2 is 1.91 bits per heavy atom. The smallest absolute Gasteiger partial charge is 0.343 e. The molecule has 1 saturated carbocycles. The number of fused-ring (bicyclic) bond motifs is 4. The quantitative estimate of drug-likeness (QED) is 0.372. The van der Waals surface area contributed by atoms with Crippen LogP contribution in [0.4, 0.5) is 0 Å². The van der Waals surface area contributed by atoms with E-state index in [1.165, 1.54) is 0 Å². The summed E-state index contributed by atoms with van der Waals surface area (Å²) in [5.74, 6) is 0.673. The number of carbonyl (C=O) groups is 1. The first-order chi connectivity index (χ1) is 16.8. The Balaban J connectivity index is 1.78. The molecule has 1 aromatic heterocycles. The Morgan fingerprint density at radius 1 is 1.14 bits per heavy atom. The summed E-state index contributed by atoms with van der Waals surface area (Å²) in [6, 6.07) is 5.48. The van der Waals surface area contributed by atoms with Gasteiger partial charge in [0, 0.05) is 38.0 Å². The van der Waals surface area contributed by atoms with Crippen LogP contribution in [-0.4, -0.2) is 56.8 Å². The van der Waals surface area contributed by atoms with Crippen LogP contribution in [-0.2, 0) is 26.2 Å². The van der Waals surface area contributed by atoms with E-state index in [1.807, 2.05) is 26.0 Å². The van der Waals surface area contributed by atoms with Crippen LogP contribution in [0.5, 0.6) is 11.5 Å². The highest BCUT2D eigenvalue weighted by molar-refractivity contribution is 5.89. The number of pyridine rings is 1. The van der Waals surface area contributed by atoms with Gasteiger partial charge in [-0.05, 0) is 57.7 Å². The summed E-state index contributed by atoms with van der Waals surface area (Å²) in [6.45, 7) is 7.13. The lowest BCUT2D eigenvalue weighted by molar-refractivity contribution is -0.0978. The molecule has 2 aromatic rings. The first-order valence-corrected chi connectivity index (χ1v) is 12.2. The second kappa shape index (κ2) is 10.4. The van der Waals surface area contributed by atoms with E-state index < -0.39 is 5.97 Å². The third-order valence-electron chi connectivity index (χ3n) is 6.67. The molecule has 1 aliphatic carbocycles. The fraction of sp³-hybridized carbons (Fsp3) is 0.556. The minimum Gasteiger partial charge on any atom is -0.493 e. The first-order valence-electron chi connectivity index (χ1n) is 12.2. The molecule has 0 bridgehead atoms. The SMILES string of the molecule is CCOC(=O)c1cn2c(cc1=O)-c1cc(OC)c(OCCCOC)cc1CC21CC(OC(C)C)C1. The predicted molar refractivity (Wildman–Crippen MR) is 132 cm³/mol. The average Bonchev–Trinajstić information content (AvgIpc) is 2.79. The van der Waals surface area contributed by atoms with Gasteiger partial charge in [-0.25, -0.2) is 4.79 Å². The fourth-order valence-corrected chi connectivity index (χ4v) is 5.19. The van der Waals surface area contributed by atoms with Gasteiger partial charge in [-0.15, -0.1) is 0 Å². The van der Waals surface area contributed by atoms with Gasteiger partial charge in [0.1, 0.15) is 5.56 Å². The molecule has 0 N–H and O–H groups in total. The molecule has 0 unspecified atom stereocenters. The number of hydrogen-bond donors (Lipinski definition) is 0. The Labute approximate surface area is 206 Å². The van der Waals surface area contributed by atoms with Crippen molar-refractivity contribution < 1.29 is 28.5 Å². The lowest BCUT2D eigenvalue weighted by Crippen LogP contribution is -2.54. The van der Waals surface area contributed by atoms with Gasteiger partial charge in [-0.3, -0.25) is 4.79 Å². The number of hydrogen-bond acceptors (Lipinski definition) is 7. The van der Waals surface area contributed by atoms with Crippen molar-refractivity contribution in [1.82, 2.24) is 4.57 Å². The monoisotopic (exact) mass is 485 g/mol. The van der Waals surface area contributed by atoms with E-state index in [2.05, 4.69) is 4.57 Å². The van der Waals surface area contributed by atoms with Gasteiger partial charge in [0.15, 0.2) is 16.9 Å². The molecule has 1 spiro atoms. The summed E-state index contributed by atoms with van der Waals surface area (Å²) in [5.41, 5.74) is 2.15. The van der Waals surface area contributed by atoms with Gasteiger partial charge < -0.3 is 28.3 Å².